The van der Waals surface area contributed by atoms with Crippen LogP contribution in [0.4, 0.5) is 11.4 Å². The van der Waals surface area contributed by atoms with E-state index < -0.39 is 64.7 Å². The molecule has 22 nitrogen and oxygen atoms in total. The number of rotatable bonds is 31. The van der Waals surface area contributed by atoms with E-state index in [1.54, 1.807) is 44.6 Å². The molecule has 2 aromatic carbocycles. The molecule has 0 radical (unpaired) electrons. The van der Waals surface area contributed by atoms with E-state index in [1.807, 2.05) is 35.5 Å². The molecule has 2 aromatic rings. The Kier molecular flexibility index (Phi) is 20.9. The summed E-state index contributed by atoms with van der Waals surface area (Å²) in [6.45, 7) is 6.57. The first-order chi connectivity index (χ1) is 34.0. The summed E-state index contributed by atoms with van der Waals surface area (Å²) >= 11 is 0. The van der Waals surface area contributed by atoms with Gasteiger partial charge in [0, 0.05) is 74.7 Å². The Morgan fingerprint density at radius 1 is 0.694 bits per heavy atom. The lowest BCUT2D eigenvalue weighted by Crippen LogP contribution is -2.32. The van der Waals surface area contributed by atoms with E-state index in [4.69, 9.17) is 33.3 Å². The molecule has 0 aromatic heterocycles. The number of carbonyl (C=O) groups is 3. The molecule has 1 fully saturated rings. The number of amides is 2. The number of hydrogen-bond acceptors (Lipinski definition) is 17. The van der Waals surface area contributed by atoms with E-state index in [1.165, 1.54) is 24.3 Å². The first-order valence-corrected chi connectivity index (χ1v) is 27.6. The molecule has 0 spiro atoms. The molecule has 72 heavy (non-hydrogen) atoms. The predicted molar refractivity (Wildman–Crippen MR) is 260 cm³/mol. The van der Waals surface area contributed by atoms with E-state index in [0.29, 0.717) is 72.6 Å². The number of allylic oxidation sites excluding steroid dienone is 6. The van der Waals surface area contributed by atoms with Crippen molar-refractivity contribution in [3.05, 3.63) is 83.6 Å². The second-order valence-corrected chi connectivity index (χ2v) is 21.7. The van der Waals surface area contributed by atoms with Crippen molar-refractivity contribution < 1.29 is 91.1 Å². The average Bonchev–Trinajstić information content (AvgIpc) is 3.84. The Bertz CT molecular complexity index is 2720. The van der Waals surface area contributed by atoms with Gasteiger partial charge in [0.1, 0.15) is 6.61 Å². The van der Waals surface area contributed by atoms with Crippen LogP contribution in [0.1, 0.15) is 63.5 Å². The van der Waals surface area contributed by atoms with Gasteiger partial charge in [-0.25, -0.2) is 4.79 Å². The molecule has 25 heteroatoms. The zero-order valence-corrected chi connectivity index (χ0v) is 43.2. The molecule has 1 saturated heterocycles. The van der Waals surface area contributed by atoms with Crippen molar-refractivity contribution in [2.75, 3.05) is 104 Å². The van der Waals surface area contributed by atoms with Crippen molar-refractivity contribution in [3.8, 4) is 0 Å². The van der Waals surface area contributed by atoms with Gasteiger partial charge in [0.2, 0.25) is 5.69 Å². The van der Waals surface area contributed by atoms with Crippen LogP contribution in [0.3, 0.4) is 0 Å². The number of imide groups is 1. The highest BCUT2D eigenvalue weighted by molar-refractivity contribution is 7.86. The molecule has 0 bridgehead atoms. The minimum absolute atomic E-state index is 0.00231. The highest BCUT2D eigenvalue weighted by Crippen LogP contribution is 2.51. The molecule has 2 amide bonds. The van der Waals surface area contributed by atoms with Crippen molar-refractivity contribution in [1.82, 2.24) is 5.06 Å². The third kappa shape index (κ3) is 15.4. The smallest absolute Gasteiger partial charge is 0.335 e. The Morgan fingerprint density at radius 2 is 1.28 bits per heavy atom. The molecule has 3 heterocycles. The number of methoxy groups -OCH3 is 2. The highest BCUT2D eigenvalue weighted by atomic mass is 32.2. The lowest BCUT2D eigenvalue weighted by molar-refractivity contribution is -0.442. The summed E-state index contributed by atoms with van der Waals surface area (Å²) in [4.78, 5) is 41.4. The molecule has 2 unspecified atom stereocenters. The second kappa shape index (κ2) is 25.9. The number of carbonyl (C=O) groups excluding carboxylic acids is 3. The molecular formula is C47H64N3O19S3+. The average molecular weight is 1070 g/mol. The van der Waals surface area contributed by atoms with Crippen LogP contribution in [0.5, 0.6) is 0 Å². The standard InChI is InChI=1S/C47H63N3O19S3/c1-46(18-8-32-70(54,55)56)37-33-35(71(57,58)59)11-13-39(37)48(20-24-66-27-26-64-4)41(46)9-6-5-7-10-42-47(2,19-23-63-3)38-34-36(72(60,61)62)12-14-40(38)49(42)21-25-67-29-31-68-30-28-65-22-17-45(53)69-50-43(51)15-16-44(50)52/h5-7,9-14,33-34H,8,15-32H2,1-4H3,(H2-,54,55,56,57,58,59,60,61,62)/p+1. The lowest BCUT2D eigenvalue weighted by atomic mass is 9.76. The van der Waals surface area contributed by atoms with E-state index in [9.17, 15) is 53.3 Å². The number of anilines is 1. The Morgan fingerprint density at radius 3 is 1.90 bits per heavy atom. The van der Waals surface area contributed by atoms with Gasteiger partial charge in [-0.05, 0) is 75.1 Å². The molecule has 3 aliphatic rings. The Labute approximate surface area is 420 Å². The van der Waals surface area contributed by atoms with E-state index in [0.717, 1.165) is 5.70 Å². The molecule has 3 N–H and O–H groups in total. The summed E-state index contributed by atoms with van der Waals surface area (Å²) in [6.07, 6.45) is 9.44. The van der Waals surface area contributed by atoms with Crippen molar-refractivity contribution in [2.24, 2.45) is 0 Å². The van der Waals surface area contributed by atoms with Crippen molar-refractivity contribution in [2.45, 2.75) is 73.0 Å². The fraction of sp³-hybridized carbons (Fsp3) is 0.532. The normalized spacial score (nSPS) is 20.0. The summed E-state index contributed by atoms with van der Waals surface area (Å²) < 4.78 is 138. The first kappa shape index (κ1) is 58.1. The largest absolute Gasteiger partial charge is 0.385 e. The van der Waals surface area contributed by atoms with Gasteiger partial charge in [-0.15, -0.1) is 5.06 Å². The number of hydroxylamine groups is 2. The van der Waals surface area contributed by atoms with Crippen LogP contribution >= 0.6 is 0 Å². The maximum Gasteiger partial charge on any atom is 0.335 e. The monoisotopic (exact) mass is 1070 g/mol. The number of fused-ring (bicyclic) bond motifs is 2. The second-order valence-electron chi connectivity index (χ2n) is 17.3. The third-order valence-corrected chi connectivity index (χ3v) is 14.9. The van der Waals surface area contributed by atoms with Crippen LogP contribution in [0, 0.1) is 0 Å². The number of nitrogens with zero attached hydrogens (tertiary/aromatic N) is 3. The summed E-state index contributed by atoms with van der Waals surface area (Å²) in [6, 6.07) is 8.62. The van der Waals surface area contributed by atoms with Crippen LogP contribution < -0.4 is 4.90 Å². The highest BCUT2D eigenvalue weighted by Gasteiger charge is 2.48. The zero-order valence-electron chi connectivity index (χ0n) is 40.7. The van der Waals surface area contributed by atoms with Crippen LogP contribution in [0.15, 0.2) is 82.3 Å². The SMILES string of the molecule is COCCOCC[N+]1=C(C=CC=CC=C2N(CCOCCOCCOCCC(=O)ON3C(=O)CCC3=O)c3ccc(S(=O)(=O)O)cc3C2(C)CCOC)C(C)(CCCS(=O)(=O)O)c2cc(S(=O)(=O)O)ccc21. The van der Waals surface area contributed by atoms with Crippen LogP contribution in [0.25, 0.3) is 0 Å². The summed E-state index contributed by atoms with van der Waals surface area (Å²) in [7, 11) is -10.4. The van der Waals surface area contributed by atoms with E-state index in [2.05, 4.69) is 0 Å². The molecule has 3 aliphatic heterocycles. The molecule has 398 valence electrons. The minimum atomic E-state index is -4.62. The number of hydrogen-bond donors (Lipinski definition) is 3. The Balaban J connectivity index is 1.34. The van der Waals surface area contributed by atoms with Gasteiger partial charge in [0.05, 0.1) is 80.2 Å². The number of benzene rings is 2. The molecule has 0 aliphatic carbocycles. The molecular weight excluding hydrogens is 1010 g/mol. The van der Waals surface area contributed by atoms with Crippen LogP contribution in [-0.2, 0) is 88.8 Å². The maximum atomic E-state index is 12.4. The fourth-order valence-corrected chi connectivity index (χ4v) is 10.2. The van der Waals surface area contributed by atoms with Gasteiger partial charge < -0.3 is 38.2 Å². The van der Waals surface area contributed by atoms with Crippen molar-refractivity contribution in [1.29, 1.82) is 0 Å². The summed E-state index contributed by atoms with van der Waals surface area (Å²) in [5, 5.41) is 0.479. The van der Waals surface area contributed by atoms with Gasteiger partial charge >= 0.3 is 5.97 Å². The van der Waals surface area contributed by atoms with E-state index >= 15 is 0 Å². The van der Waals surface area contributed by atoms with Gasteiger partial charge in [-0.2, -0.15) is 29.8 Å². The van der Waals surface area contributed by atoms with Crippen LogP contribution in [-0.4, -0.2) is 171 Å². The zero-order chi connectivity index (χ0) is 52.7. The van der Waals surface area contributed by atoms with Crippen molar-refractivity contribution >= 4 is 65.2 Å². The topological polar surface area (TPSA) is 288 Å². The Hall–Kier alpha value is -4.77. The molecule has 0 saturated carbocycles. The van der Waals surface area contributed by atoms with Gasteiger partial charge in [0.25, 0.3) is 42.2 Å². The fourth-order valence-electron chi connectivity index (χ4n) is 8.72. The quantitative estimate of drug-likeness (QED) is 0.0319. The predicted octanol–water partition coefficient (Wildman–Crippen LogP) is 3.73. The third-order valence-electron chi connectivity index (χ3n) is 12.4. The molecule has 2 atom stereocenters. The molecule has 5 rings (SSSR count). The number of ether oxygens (including phenoxy) is 6. The van der Waals surface area contributed by atoms with Gasteiger partial charge in [-0.3, -0.25) is 23.2 Å². The lowest BCUT2D eigenvalue weighted by Gasteiger charge is -2.30. The summed E-state index contributed by atoms with van der Waals surface area (Å²) in [5.74, 6) is -2.45. The van der Waals surface area contributed by atoms with E-state index in [-0.39, 0.29) is 88.1 Å². The summed E-state index contributed by atoms with van der Waals surface area (Å²) in [5.41, 5.74) is 2.02. The maximum absolute atomic E-state index is 12.4. The minimum Gasteiger partial charge on any atom is -0.385 e. The van der Waals surface area contributed by atoms with Crippen molar-refractivity contribution in [3.63, 3.8) is 0 Å². The van der Waals surface area contributed by atoms with Gasteiger partial charge in [0.15, 0.2) is 12.3 Å². The van der Waals surface area contributed by atoms with Gasteiger partial charge in [-0.1, -0.05) is 18.2 Å². The first-order valence-electron chi connectivity index (χ1n) is 23.1. The van der Waals surface area contributed by atoms with Crippen LogP contribution in [0.2, 0.25) is 0 Å².